The van der Waals surface area contributed by atoms with Crippen molar-refractivity contribution in [1.29, 1.82) is 0 Å². The van der Waals surface area contributed by atoms with Crippen molar-refractivity contribution in [2.24, 2.45) is 5.73 Å². The standard InChI is InChI=1S/C49H85N2O6P/c1-3-5-7-9-11-13-15-17-19-21-22-23-24-25-26-27-29-31-33-35-37-39-41-43-49(53)51-47(46-57-58(54,55)56-45-44-50)48(52)42-40-38-36-34-32-30-28-20-18-16-14-12-10-8-6-4-2/h5,7,11,13,17-20,22-23,25-26,32,34,40,42,47-48,52H,3-4,6,8-10,12,14-16,21,24,27-31,33,35-39,41,43-46,50H2,1-2H3,(H,51,53)(H,54,55)/b7-5-,13-11-,19-17-,20-18+,23-22-,26-25-,34-32+,42-40+. The second-order valence-corrected chi connectivity index (χ2v) is 16.3. The second kappa shape index (κ2) is 44.0. The molecule has 1 amide bonds. The summed E-state index contributed by atoms with van der Waals surface area (Å²) in [6.07, 6.45) is 60.3. The van der Waals surface area contributed by atoms with Crippen LogP contribution in [0.1, 0.15) is 174 Å². The molecule has 3 unspecified atom stereocenters. The largest absolute Gasteiger partial charge is 0.472 e. The van der Waals surface area contributed by atoms with Gasteiger partial charge in [-0.2, -0.15) is 0 Å². The lowest BCUT2D eigenvalue weighted by Gasteiger charge is -2.23. The van der Waals surface area contributed by atoms with Gasteiger partial charge in [0.1, 0.15) is 0 Å². The van der Waals surface area contributed by atoms with E-state index in [1.54, 1.807) is 6.08 Å². The zero-order valence-electron chi connectivity index (χ0n) is 36.7. The number of nitrogens with one attached hydrogen (secondary N) is 1. The molecule has 0 aromatic heterocycles. The summed E-state index contributed by atoms with van der Waals surface area (Å²) in [4.78, 5) is 22.7. The van der Waals surface area contributed by atoms with Crippen molar-refractivity contribution in [2.45, 2.75) is 187 Å². The first-order valence-electron chi connectivity index (χ1n) is 22.9. The van der Waals surface area contributed by atoms with E-state index in [1.807, 2.05) is 6.08 Å². The molecule has 0 rings (SSSR count). The maximum absolute atomic E-state index is 12.8. The Balaban J connectivity index is 4.28. The lowest BCUT2D eigenvalue weighted by molar-refractivity contribution is -0.123. The summed E-state index contributed by atoms with van der Waals surface area (Å²) in [5, 5.41) is 13.7. The number of hydrogen-bond donors (Lipinski definition) is 4. The van der Waals surface area contributed by atoms with Gasteiger partial charge in [0.05, 0.1) is 25.4 Å². The number of carbonyl (C=O) groups excluding carboxylic acids is 1. The van der Waals surface area contributed by atoms with E-state index >= 15 is 0 Å². The normalized spacial score (nSPS) is 14.9. The number of aliphatic hydroxyl groups excluding tert-OH is 1. The highest BCUT2D eigenvalue weighted by Crippen LogP contribution is 2.43. The summed E-state index contributed by atoms with van der Waals surface area (Å²) in [5.41, 5.74) is 5.37. The fourth-order valence-electron chi connectivity index (χ4n) is 5.95. The molecule has 0 fully saturated rings. The van der Waals surface area contributed by atoms with E-state index < -0.39 is 20.0 Å². The van der Waals surface area contributed by atoms with E-state index in [1.165, 1.54) is 64.2 Å². The first kappa shape index (κ1) is 55.4. The van der Waals surface area contributed by atoms with Crippen LogP contribution in [0.3, 0.4) is 0 Å². The zero-order valence-corrected chi connectivity index (χ0v) is 37.6. The molecule has 58 heavy (non-hydrogen) atoms. The van der Waals surface area contributed by atoms with E-state index in [0.29, 0.717) is 6.42 Å². The molecule has 0 saturated carbocycles. The predicted octanol–water partition coefficient (Wildman–Crippen LogP) is 13.2. The molecule has 332 valence electrons. The maximum Gasteiger partial charge on any atom is 0.472 e. The number of rotatable bonds is 41. The number of aliphatic hydroxyl groups is 1. The van der Waals surface area contributed by atoms with Gasteiger partial charge < -0.3 is 21.1 Å². The van der Waals surface area contributed by atoms with Crippen molar-refractivity contribution in [3.63, 3.8) is 0 Å². The van der Waals surface area contributed by atoms with Crippen molar-refractivity contribution in [3.8, 4) is 0 Å². The van der Waals surface area contributed by atoms with Crippen LogP contribution in [0.25, 0.3) is 0 Å². The van der Waals surface area contributed by atoms with Crippen molar-refractivity contribution in [2.75, 3.05) is 19.8 Å². The monoisotopic (exact) mass is 829 g/mol. The van der Waals surface area contributed by atoms with Gasteiger partial charge in [-0.3, -0.25) is 13.8 Å². The van der Waals surface area contributed by atoms with E-state index in [4.69, 9.17) is 14.8 Å². The minimum atomic E-state index is -4.36. The van der Waals surface area contributed by atoms with Crippen LogP contribution in [0.2, 0.25) is 0 Å². The van der Waals surface area contributed by atoms with Gasteiger partial charge in [-0.1, -0.05) is 175 Å². The Kier molecular flexibility index (Phi) is 42.0. The molecule has 8 nitrogen and oxygen atoms in total. The molecule has 0 heterocycles. The van der Waals surface area contributed by atoms with Crippen molar-refractivity contribution in [1.82, 2.24) is 5.32 Å². The Bertz CT molecular complexity index is 1220. The maximum atomic E-state index is 12.8. The third-order valence-corrected chi connectivity index (χ3v) is 10.4. The summed E-state index contributed by atoms with van der Waals surface area (Å²) in [5.74, 6) is -0.224. The topological polar surface area (TPSA) is 131 Å². The fraction of sp³-hybridized carbons (Fsp3) is 0.653. The molecular formula is C49H85N2O6P. The van der Waals surface area contributed by atoms with Crippen LogP contribution in [0.4, 0.5) is 0 Å². The molecule has 0 saturated heterocycles. The smallest absolute Gasteiger partial charge is 0.387 e. The van der Waals surface area contributed by atoms with Crippen LogP contribution in [0.15, 0.2) is 97.2 Å². The first-order chi connectivity index (χ1) is 28.4. The molecule has 0 bridgehead atoms. The zero-order chi connectivity index (χ0) is 42.5. The van der Waals surface area contributed by atoms with Crippen molar-refractivity contribution < 1.29 is 28.4 Å². The number of phosphoric ester groups is 1. The Labute approximate surface area is 355 Å². The molecule has 0 aliphatic rings. The Morgan fingerprint density at radius 1 is 0.586 bits per heavy atom. The lowest BCUT2D eigenvalue weighted by atomic mass is 10.1. The Hall–Kier alpha value is -2.58. The number of nitrogens with two attached hydrogens (primary N) is 1. The number of allylic oxidation sites excluding steroid dienone is 15. The van der Waals surface area contributed by atoms with Crippen molar-refractivity contribution >= 4 is 13.7 Å². The van der Waals surface area contributed by atoms with Gasteiger partial charge >= 0.3 is 7.82 Å². The van der Waals surface area contributed by atoms with Gasteiger partial charge in [0.25, 0.3) is 0 Å². The molecule has 9 heteroatoms. The van der Waals surface area contributed by atoms with Gasteiger partial charge in [-0.25, -0.2) is 4.57 Å². The van der Waals surface area contributed by atoms with E-state index in [2.05, 4.69) is 104 Å². The number of hydrogen-bond acceptors (Lipinski definition) is 6. The number of phosphoric acid groups is 1. The highest BCUT2D eigenvalue weighted by molar-refractivity contribution is 7.47. The summed E-state index contributed by atoms with van der Waals surface area (Å²) in [6, 6.07) is -0.896. The average molecular weight is 829 g/mol. The molecule has 0 aromatic carbocycles. The molecule has 0 radical (unpaired) electrons. The highest BCUT2D eigenvalue weighted by atomic mass is 31.2. The average Bonchev–Trinajstić information content (AvgIpc) is 3.21. The lowest BCUT2D eigenvalue weighted by Crippen LogP contribution is -2.45. The molecule has 0 aliphatic carbocycles. The van der Waals surface area contributed by atoms with Gasteiger partial charge in [0.2, 0.25) is 5.91 Å². The van der Waals surface area contributed by atoms with Gasteiger partial charge in [-0.05, 0) is 89.9 Å². The fourth-order valence-corrected chi connectivity index (χ4v) is 6.71. The van der Waals surface area contributed by atoms with Crippen LogP contribution in [-0.4, -0.2) is 47.8 Å². The number of unbranched alkanes of at least 4 members (excludes halogenated alkanes) is 15. The van der Waals surface area contributed by atoms with Crippen LogP contribution in [-0.2, 0) is 18.4 Å². The third-order valence-electron chi connectivity index (χ3n) is 9.37. The summed E-state index contributed by atoms with van der Waals surface area (Å²) in [6.45, 7) is 3.95. The molecular weight excluding hydrogens is 744 g/mol. The first-order valence-corrected chi connectivity index (χ1v) is 24.4. The van der Waals surface area contributed by atoms with Crippen LogP contribution in [0, 0.1) is 0 Å². The number of amides is 1. The van der Waals surface area contributed by atoms with Crippen LogP contribution in [0.5, 0.6) is 0 Å². The summed E-state index contributed by atoms with van der Waals surface area (Å²) >= 11 is 0. The summed E-state index contributed by atoms with van der Waals surface area (Å²) in [7, 11) is -4.36. The SMILES string of the molecule is CC/C=C\C/C=C\C/C=C\C/C=C\C/C=C\CCCCCCCCCC(=O)NC(COP(=O)(O)OCCN)C(O)/C=C/CC/C=C/CC/C=C/CCCCCCCC. The second-order valence-electron chi connectivity index (χ2n) is 14.9. The minimum absolute atomic E-state index is 0.0644. The van der Waals surface area contributed by atoms with Gasteiger partial charge in [0, 0.05) is 13.0 Å². The van der Waals surface area contributed by atoms with E-state index in [-0.39, 0.29) is 25.7 Å². The Morgan fingerprint density at radius 3 is 1.53 bits per heavy atom. The van der Waals surface area contributed by atoms with E-state index in [0.717, 1.165) is 89.9 Å². The minimum Gasteiger partial charge on any atom is -0.387 e. The van der Waals surface area contributed by atoms with E-state index in [9.17, 15) is 19.4 Å². The van der Waals surface area contributed by atoms with Gasteiger partial charge in [0.15, 0.2) is 0 Å². The predicted molar refractivity (Wildman–Crippen MR) is 249 cm³/mol. The molecule has 5 N–H and O–H groups in total. The number of carbonyl (C=O) groups is 1. The van der Waals surface area contributed by atoms with Gasteiger partial charge in [-0.15, -0.1) is 0 Å². The van der Waals surface area contributed by atoms with Crippen LogP contribution < -0.4 is 11.1 Å². The molecule has 0 aromatic rings. The Morgan fingerprint density at radius 2 is 1.02 bits per heavy atom. The van der Waals surface area contributed by atoms with Crippen molar-refractivity contribution in [3.05, 3.63) is 97.2 Å². The quantitative estimate of drug-likeness (QED) is 0.0274. The molecule has 3 atom stereocenters. The molecule has 0 aliphatic heterocycles. The van der Waals surface area contributed by atoms with Crippen LogP contribution >= 0.6 is 7.82 Å². The third kappa shape index (κ3) is 41.6. The highest BCUT2D eigenvalue weighted by Gasteiger charge is 2.26. The molecule has 0 spiro atoms. The summed E-state index contributed by atoms with van der Waals surface area (Å²) < 4.78 is 22.1.